The van der Waals surface area contributed by atoms with Crippen LogP contribution >= 0.6 is 0 Å². The molecule has 3 heteroatoms. The van der Waals surface area contributed by atoms with Gasteiger partial charge in [-0.05, 0) is 25.7 Å². The summed E-state index contributed by atoms with van der Waals surface area (Å²) in [5, 5.41) is 3.26. The molecular weight excluding hydrogens is 212 g/mol. The van der Waals surface area contributed by atoms with E-state index >= 15 is 0 Å². The van der Waals surface area contributed by atoms with E-state index in [0.717, 1.165) is 32.1 Å². The van der Waals surface area contributed by atoms with Gasteiger partial charge in [-0.2, -0.15) is 0 Å². The van der Waals surface area contributed by atoms with Crippen molar-refractivity contribution in [3.05, 3.63) is 0 Å². The van der Waals surface area contributed by atoms with E-state index in [9.17, 15) is 4.79 Å². The molecule has 2 fully saturated rings. The largest absolute Gasteiger partial charge is 0.353 e. The predicted octanol–water partition coefficient (Wildman–Crippen LogP) is 2.34. The second-order valence-corrected chi connectivity index (χ2v) is 5.85. The van der Waals surface area contributed by atoms with Gasteiger partial charge in [0.2, 0.25) is 5.91 Å². The summed E-state index contributed by atoms with van der Waals surface area (Å²) < 4.78 is 0. The van der Waals surface area contributed by atoms with Crippen molar-refractivity contribution in [3.8, 4) is 0 Å². The zero-order chi connectivity index (χ0) is 12.1. The van der Waals surface area contributed by atoms with Crippen LogP contribution in [-0.4, -0.2) is 18.5 Å². The van der Waals surface area contributed by atoms with E-state index in [2.05, 4.69) is 5.32 Å². The highest BCUT2D eigenvalue weighted by Gasteiger charge is 2.43. The monoisotopic (exact) mass is 238 g/mol. The molecule has 2 rings (SSSR count). The number of hydrogen-bond acceptors (Lipinski definition) is 2. The Balaban J connectivity index is 1.83. The molecule has 0 atom stereocenters. The highest BCUT2D eigenvalue weighted by atomic mass is 16.2. The Bertz CT molecular complexity index is 247. The average Bonchev–Trinajstić information content (AvgIpc) is 2.21. The molecule has 2 aliphatic carbocycles. The standard InChI is InChI=1S/C14H26N2O/c15-11-14(9-6-10-14)13(17)16-12-7-4-2-1-3-5-8-12/h12H,1-11,15H2,(H,16,17). The Morgan fingerprint density at radius 2 is 1.65 bits per heavy atom. The number of amides is 1. The third-order valence-electron chi connectivity index (χ3n) is 4.62. The third-order valence-corrected chi connectivity index (χ3v) is 4.62. The molecule has 0 unspecified atom stereocenters. The van der Waals surface area contributed by atoms with E-state index in [-0.39, 0.29) is 11.3 Å². The van der Waals surface area contributed by atoms with Crippen LogP contribution in [0.4, 0.5) is 0 Å². The summed E-state index contributed by atoms with van der Waals surface area (Å²) in [4.78, 5) is 12.3. The maximum atomic E-state index is 12.3. The second kappa shape index (κ2) is 5.85. The van der Waals surface area contributed by atoms with E-state index in [1.807, 2.05) is 0 Å². The molecule has 17 heavy (non-hydrogen) atoms. The first-order valence-electron chi connectivity index (χ1n) is 7.28. The zero-order valence-electron chi connectivity index (χ0n) is 10.8. The fourth-order valence-electron chi connectivity index (χ4n) is 3.07. The molecule has 98 valence electrons. The van der Waals surface area contributed by atoms with Crippen LogP contribution in [-0.2, 0) is 4.79 Å². The summed E-state index contributed by atoms with van der Waals surface area (Å²) in [5.41, 5.74) is 5.56. The quantitative estimate of drug-likeness (QED) is 0.793. The van der Waals surface area contributed by atoms with Gasteiger partial charge < -0.3 is 11.1 Å². The van der Waals surface area contributed by atoms with Crippen LogP contribution in [0, 0.1) is 5.41 Å². The normalized spacial score (nSPS) is 25.5. The minimum atomic E-state index is -0.206. The first-order valence-corrected chi connectivity index (χ1v) is 7.28. The van der Waals surface area contributed by atoms with Crippen molar-refractivity contribution in [3.63, 3.8) is 0 Å². The number of nitrogens with one attached hydrogen (secondary N) is 1. The summed E-state index contributed by atoms with van der Waals surface area (Å²) in [7, 11) is 0. The number of hydrogen-bond donors (Lipinski definition) is 2. The molecule has 0 spiro atoms. The van der Waals surface area contributed by atoms with Gasteiger partial charge in [0.05, 0.1) is 5.41 Å². The maximum absolute atomic E-state index is 12.3. The van der Waals surface area contributed by atoms with Gasteiger partial charge in [-0.3, -0.25) is 4.79 Å². The van der Waals surface area contributed by atoms with Crippen LogP contribution in [0.1, 0.15) is 64.2 Å². The number of nitrogens with two attached hydrogens (primary N) is 1. The van der Waals surface area contributed by atoms with Gasteiger partial charge in [-0.15, -0.1) is 0 Å². The van der Waals surface area contributed by atoms with Crippen molar-refractivity contribution in [1.29, 1.82) is 0 Å². The van der Waals surface area contributed by atoms with Gasteiger partial charge in [0.15, 0.2) is 0 Å². The molecule has 0 aliphatic heterocycles. The number of carbonyl (C=O) groups is 1. The lowest BCUT2D eigenvalue weighted by Crippen LogP contribution is -2.52. The van der Waals surface area contributed by atoms with Gasteiger partial charge in [0, 0.05) is 12.6 Å². The summed E-state index contributed by atoms with van der Waals surface area (Å²) in [6, 6.07) is 0.409. The number of rotatable bonds is 3. The van der Waals surface area contributed by atoms with Crippen LogP contribution in [0.25, 0.3) is 0 Å². The van der Waals surface area contributed by atoms with Crippen molar-refractivity contribution >= 4 is 5.91 Å². The fourth-order valence-corrected chi connectivity index (χ4v) is 3.07. The summed E-state index contributed by atoms with van der Waals surface area (Å²) in [6.07, 6.45) is 12.0. The smallest absolute Gasteiger partial charge is 0.227 e. The number of carbonyl (C=O) groups excluding carboxylic acids is 1. The van der Waals surface area contributed by atoms with Crippen LogP contribution in [0.2, 0.25) is 0 Å². The molecule has 0 saturated heterocycles. The first kappa shape index (κ1) is 12.9. The molecule has 1 amide bonds. The van der Waals surface area contributed by atoms with Crippen LogP contribution in [0.15, 0.2) is 0 Å². The molecule has 0 aromatic carbocycles. The van der Waals surface area contributed by atoms with E-state index in [1.165, 1.54) is 32.1 Å². The highest BCUT2D eigenvalue weighted by molar-refractivity contribution is 5.84. The molecule has 0 heterocycles. The van der Waals surface area contributed by atoms with Crippen LogP contribution in [0.3, 0.4) is 0 Å². The first-order chi connectivity index (χ1) is 8.27. The Hall–Kier alpha value is -0.570. The fraction of sp³-hybridized carbons (Fsp3) is 0.929. The van der Waals surface area contributed by atoms with Crippen molar-refractivity contribution in [1.82, 2.24) is 5.32 Å². The Kier molecular flexibility index (Phi) is 4.43. The minimum absolute atomic E-state index is 0.206. The molecule has 2 saturated carbocycles. The van der Waals surface area contributed by atoms with Crippen molar-refractivity contribution in [2.75, 3.05) is 6.54 Å². The lowest BCUT2D eigenvalue weighted by molar-refractivity contribution is -0.136. The zero-order valence-corrected chi connectivity index (χ0v) is 10.8. The Morgan fingerprint density at radius 1 is 1.06 bits per heavy atom. The Labute approximate surface area is 105 Å². The lowest BCUT2D eigenvalue weighted by atomic mass is 9.68. The summed E-state index contributed by atoms with van der Waals surface area (Å²) in [6.45, 7) is 0.519. The third kappa shape index (κ3) is 3.01. The van der Waals surface area contributed by atoms with E-state index < -0.39 is 0 Å². The van der Waals surface area contributed by atoms with Crippen molar-refractivity contribution < 1.29 is 4.79 Å². The molecule has 0 radical (unpaired) electrons. The SMILES string of the molecule is NCC1(C(=O)NC2CCCCCCC2)CCC1. The van der Waals surface area contributed by atoms with E-state index in [4.69, 9.17) is 5.73 Å². The maximum Gasteiger partial charge on any atom is 0.227 e. The molecule has 2 aliphatic rings. The van der Waals surface area contributed by atoms with Crippen LogP contribution < -0.4 is 11.1 Å². The van der Waals surface area contributed by atoms with Crippen molar-refractivity contribution in [2.45, 2.75) is 70.3 Å². The summed E-state index contributed by atoms with van der Waals surface area (Å²) in [5.74, 6) is 0.233. The minimum Gasteiger partial charge on any atom is -0.353 e. The van der Waals surface area contributed by atoms with Crippen LogP contribution in [0.5, 0.6) is 0 Å². The van der Waals surface area contributed by atoms with E-state index in [0.29, 0.717) is 12.6 Å². The van der Waals surface area contributed by atoms with Gasteiger partial charge in [-0.1, -0.05) is 38.5 Å². The Morgan fingerprint density at radius 3 is 2.12 bits per heavy atom. The highest BCUT2D eigenvalue weighted by Crippen LogP contribution is 2.40. The molecule has 0 bridgehead atoms. The lowest BCUT2D eigenvalue weighted by Gasteiger charge is -2.40. The summed E-state index contributed by atoms with van der Waals surface area (Å²) >= 11 is 0. The van der Waals surface area contributed by atoms with Gasteiger partial charge in [0.25, 0.3) is 0 Å². The molecular formula is C14H26N2O. The molecule has 3 nitrogen and oxygen atoms in total. The predicted molar refractivity (Wildman–Crippen MR) is 69.6 cm³/mol. The topological polar surface area (TPSA) is 55.1 Å². The van der Waals surface area contributed by atoms with Crippen molar-refractivity contribution in [2.24, 2.45) is 11.1 Å². The van der Waals surface area contributed by atoms with E-state index in [1.54, 1.807) is 0 Å². The average molecular weight is 238 g/mol. The molecule has 0 aromatic heterocycles. The molecule has 0 aromatic rings. The second-order valence-electron chi connectivity index (χ2n) is 5.85. The van der Waals surface area contributed by atoms with Gasteiger partial charge in [-0.25, -0.2) is 0 Å². The van der Waals surface area contributed by atoms with Gasteiger partial charge in [0.1, 0.15) is 0 Å². The molecule has 3 N–H and O–H groups in total. The van der Waals surface area contributed by atoms with Gasteiger partial charge >= 0.3 is 0 Å².